The molecule has 0 aliphatic heterocycles. The van der Waals surface area contributed by atoms with Crippen molar-refractivity contribution < 1.29 is 19.0 Å². The van der Waals surface area contributed by atoms with Crippen molar-refractivity contribution in [1.29, 1.82) is 0 Å². The van der Waals surface area contributed by atoms with Gasteiger partial charge in [-0.3, -0.25) is 0 Å². The first-order valence-electron chi connectivity index (χ1n) is 8.19. The highest BCUT2D eigenvalue weighted by molar-refractivity contribution is 14.1. The molecule has 0 aliphatic carbocycles. The molecule has 2 aromatic rings. The number of nitrogens with two attached hydrogens (primary N) is 1. The molecule has 2 rings (SSSR count). The van der Waals surface area contributed by atoms with E-state index in [2.05, 4.69) is 47.0 Å². The highest BCUT2D eigenvalue weighted by atomic mass is 127. The zero-order chi connectivity index (χ0) is 19.8. The number of ether oxygens (including phenoxy) is 3. The predicted octanol–water partition coefficient (Wildman–Crippen LogP) is 3.38. The lowest BCUT2D eigenvalue weighted by Gasteiger charge is -2.14. The van der Waals surface area contributed by atoms with E-state index < -0.39 is 6.03 Å². The maximum atomic E-state index is 10.7. The molecule has 0 saturated heterocycles. The van der Waals surface area contributed by atoms with E-state index in [-0.39, 0.29) is 0 Å². The molecule has 144 valence electrons. The number of hydrogen-bond acceptors (Lipinski definition) is 5. The van der Waals surface area contributed by atoms with Crippen molar-refractivity contribution in [2.45, 2.75) is 13.8 Å². The van der Waals surface area contributed by atoms with Gasteiger partial charge in [-0.25, -0.2) is 10.2 Å². The third-order valence-corrected chi connectivity index (χ3v) is 4.52. The highest BCUT2D eigenvalue weighted by Crippen LogP contribution is 2.33. The van der Waals surface area contributed by atoms with Crippen molar-refractivity contribution in [3.63, 3.8) is 0 Å². The maximum Gasteiger partial charge on any atom is 0.332 e. The molecule has 0 atom stereocenters. The molecule has 0 saturated carbocycles. The Morgan fingerprint density at radius 2 is 1.93 bits per heavy atom. The van der Waals surface area contributed by atoms with Gasteiger partial charge in [0.05, 0.1) is 16.9 Å². The highest BCUT2D eigenvalue weighted by Gasteiger charge is 2.11. The van der Waals surface area contributed by atoms with Crippen LogP contribution in [-0.2, 0) is 0 Å². The summed E-state index contributed by atoms with van der Waals surface area (Å²) < 4.78 is 17.8. The van der Waals surface area contributed by atoms with Gasteiger partial charge in [0, 0.05) is 0 Å². The van der Waals surface area contributed by atoms with Gasteiger partial charge < -0.3 is 19.9 Å². The second-order valence-electron chi connectivity index (χ2n) is 5.71. The van der Waals surface area contributed by atoms with Crippen LogP contribution in [0.4, 0.5) is 4.79 Å². The Kier molecular flexibility index (Phi) is 7.71. The lowest BCUT2D eigenvalue weighted by molar-refractivity contribution is 0.210. The van der Waals surface area contributed by atoms with Gasteiger partial charge in [-0.15, -0.1) is 0 Å². The number of nitrogens with one attached hydrogen (secondary N) is 1. The molecule has 27 heavy (non-hydrogen) atoms. The van der Waals surface area contributed by atoms with Gasteiger partial charge in [0.15, 0.2) is 11.5 Å². The molecule has 7 nitrogen and oxygen atoms in total. The van der Waals surface area contributed by atoms with E-state index in [4.69, 9.17) is 19.9 Å². The van der Waals surface area contributed by atoms with Crippen LogP contribution in [0.25, 0.3) is 0 Å². The van der Waals surface area contributed by atoms with Crippen LogP contribution in [-0.4, -0.2) is 32.6 Å². The Bertz CT molecular complexity index is 840. The summed E-state index contributed by atoms with van der Waals surface area (Å²) in [5, 5.41) is 3.74. The molecule has 0 bridgehead atoms. The number of primary amides is 1. The lowest BCUT2D eigenvalue weighted by atomic mass is 10.1. The number of methoxy groups -OCH3 is 1. The summed E-state index contributed by atoms with van der Waals surface area (Å²) in [6, 6.07) is 8.87. The molecule has 2 aromatic carbocycles. The zero-order valence-electron chi connectivity index (χ0n) is 15.4. The molecule has 0 radical (unpaired) electrons. The summed E-state index contributed by atoms with van der Waals surface area (Å²) in [7, 11) is 1.56. The van der Waals surface area contributed by atoms with E-state index in [1.807, 2.05) is 24.3 Å². The summed E-state index contributed by atoms with van der Waals surface area (Å²) in [5.41, 5.74) is 10.3. The molecule has 0 unspecified atom stereocenters. The van der Waals surface area contributed by atoms with Crippen LogP contribution in [0.2, 0.25) is 0 Å². The van der Waals surface area contributed by atoms with Crippen LogP contribution in [0.1, 0.15) is 16.7 Å². The van der Waals surface area contributed by atoms with E-state index in [9.17, 15) is 4.79 Å². The van der Waals surface area contributed by atoms with Crippen molar-refractivity contribution in [2.75, 3.05) is 20.3 Å². The summed E-state index contributed by atoms with van der Waals surface area (Å²) in [5.74, 6) is 2.01. The van der Waals surface area contributed by atoms with Gasteiger partial charge in [0.25, 0.3) is 0 Å². The smallest absolute Gasteiger partial charge is 0.332 e. The second-order valence-corrected chi connectivity index (χ2v) is 6.87. The fraction of sp³-hybridized carbons (Fsp3) is 0.263. The minimum absolute atomic E-state index is 0.371. The Labute approximate surface area is 172 Å². The lowest BCUT2D eigenvalue weighted by Crippen LogP contribution is -2.24. The Morgan fingerprint density at radius 3 is 2.59 bits per heavy atom. The Hall–Kier alpha value is -2.49. The number of nitrogens with zero attached hydrogens (tertiary/aromatic N) is 1. The van der Waals surface area contributed by atoms with Crippen molar-refractivity contribution in [3.05, 3.63) is 50.6 Å². The Morgan fingerprint density at radius 1 is 1.19 bits per heavy atom. The van der Waals surface area contributed by atoms with E-state index in [0.717, 1.165) is 14.9 Å². The van der Waals surface area contributed by atoms with Gasteiger partial charge in [0.2, 0.25) is 0 Å². The zero-order valence-corrected chi connectivity index (χ0v) is 17.6. The van der Waals surface area contributed by atoms with Crippen molar-refractivity contribution >= 4 is 34.8 Å². The van der Waals surface area contributed by atoms with E-state index in [1.54, 1.807) is 13.2 Å². The normalized spacial score (nSPS) is 10.7. The molecule has 0 spiro atoms. The summed E-state index contributed by atoms with van der Waals surface area (Å²) >= 11 is 2.15. The molecular formula is C19H22IN3O4. The van der Waals surface area contributed by atoms with Crippen LogP contribution >= 0.6 is 22.6 Å². The molecule has 8 heteroatoms. The first kappa shape index (κ1) is 20.8. The van der Waals surface area contributed by atoms with Crippen molar-refractivity contribution in [2.24, 2.45) is 10.8 Å². The monoisotopic (exact) mass is 483 g/mol. The molecule has 0 aromatic heterocycles. The maximum absolute atomic E-state index is 10.7. The van der Waals surface area contributed by atoms with Gasteiger partial charge in [-0.1, -0.05) is 6.07 Å². The minimum Gasteiger partial charge on any atom is -0.493 e. The molecule has 2 amide bonds. The number of halogens is 1. The molecular weight excluding hydrogens is 461 g/mol. The SMILES string of the molecule is COc1cc(/C=N\NC(N)=O)cc(I)c1OCCOc1ccc(C)c(C)c1. The number of aryl methyl sites for hydroxylation is 2. The fourth-order valence-corrected chi connectivity index (χ4v) is 3.01. The number of hydrogen-bond donors (Lipinski definition) is 2. The van der Waals surface area contributed by atoms with Crippen LogP contribution in [0.5, 0.6) is 17.2 Å². The largest absolute Gasteiger partial charge is 0.493 e. The average molecular weight is 483 g/mol. The summed E-state index contributed by atoms with van der Waals surface area (Å²) in [4.78, 5) is 10.7. The molecule has 0 fully saturated rings. The molecule has 0 aliphatic rings. The van der Waals surface area contributed by atoms with Gasteiger partial charge in [-0.2, -0.15) is 5.10 Å². The van der Waals surface area contributed by atoms with Crippen molar-refractivity contribution in [3.8, 4) is 17.2 Å². The number of urea groups is 1. The van der Waals surface area contributed by atoms with E-state index in [0.29, 0.717) is 24.7 Å². The number of hydrazone groups is 1. The first-order chi connectivity index (χ1) is 12.9. The van der Waals surface area contributed by atoms with Gasteiger partial charge >= 0.3 is 6.03 Å². The molecule has 0 heterocycles. The number of amides is 2. The van der Waals surface area contributed by atoms with Crippen LogP contribution in [0.3, 0.4) is 0 Å². The third-order valence-electron chi connectivity index (χ3n) is 3.72. The number of rotatable bonds is 8. The first-order valence-corrected chi connectivity index (χ1v) is 9.27. The van der Waals surface area contributed by atoms with Crippen LogP contribution in [0, 0.1) is 17.4 Å². The van der Waals surface area contributed by atoms with Crippen LogP contribution < -0.4 is 25.4 Å². The Balaban J connectivity index is 1.97. The number of carbonyl (C=O) groups excluding carboxylic acids is 1. The van der Waals surface area contributed by atoms with Gasteiger partial charge in [0.1, 0.15) is 19.0 Å². The van der Waals surface area contributed by atoms with E-state index in [1.165, 1.54) is 17.3 Å². The fourth-order valence-electron chi connectivity index (χ4n) is 2.23. The van der Waals surface area contributed by atoms with Crippen molar-refractivity contribution in [1.82, 2.24) is 5.43 Å². The minimum atomic E-state index is -0.725. The topological polar surface area (TPSA) is 95.2 Å². The summed E-state index contributed by atoms with van der Waals surface area (Å²) in [6.07, 6.45) is 1.47. The predicted molar refractivity (Wildman–Crippen MR) is 113 cm³/mol. The second kappa shape index (κ2) is 10.0. The van der Waals surface area contributed by atoms with Crippen LogP contribution in [0.15, 0.2) is 35.4 Å². The standard InChI is InChI=1S/C19H22IN3O4/c1-12-4-5-15(8-13(12)2)26-6-7-27-18-16(20)9-14(10-17(18)25-3)11-22-23-19(21)24/h4-5,8-11H,6-7H2,1-3H3,(H3,21,23,24)/b22-11-. The van der Waals surface area contributed by atoms with E-state index >= 15 is 0 Å². The summed E-state index contributed by atoms with van der Waals surface area (Å²) in [6.45, 7) is 4.90. The number of carbonyl (C=O) groups is 1. The molecule has 3 N–H and O–H groups in total. The quantitative estimate of drug-likeness (QED) is 0.261. The number of benzene rings is 2. The average Bonchev–Trinajstić information content (AvgIpc) is 2.62. The van der Waals surface area contributed by atoms with Gasteiger partial charge in [-0.05, 0) is 77.4 Å². The third kappa shape index (κ3) is 6.31.